The molecule has 3 aliphatic heterocycles. The van der Waals surface area contributed by atoms with Gasteiger partial charge < -0.3 is 29.5 Å². The maximum atomic E-state index is 11.8. The zero-order valence-electron chi connectivity index (χ0n) is 23.4. The molecule has 0 spiro atoms. The molecule has 1 saturated carbocycles. The molecule has 218 valence electrons. The van der Waals surface area contributed by atoms with E-state index in [1.807, 2.05) is 25.2 Å². The number of pyridine rings is 3. The van der Waals surface area contributed by atoms with Crippen molar-refractivity contribution in [3.05, 3.63) is 41.6 Å². The first-order chi connectivity index (χ1) is 20.3. The highest BCUT2D eigenvalue weighted by Gasteiger charge is 2.52. The number of amides is 1. The molecular weight excluding hydrogens is 540 g/mol. The van der Waals surface area contributed by atoms with Gasteiger partial charge in [-0.3, -0.25) is 14.6 Å². The third-order valence-corrected chi connectivity index (χ3v) is 8.78. The van der Waals surface area contributed by atoms with Crippen LogP contribution in [0.5, 0.6) is 11.6 Å². The minimum atomic E-state index is -0.869. The lowest BCUT2D eigenvalue weighted by Crippen LogP contribution is -2.62. The number of carboxylic acids is 1. The van der Waals surface area contributed by atoms with Gasteiger partial charge in [0.05, 0.1) is 41.0 Å². The Morgan fingerprint density at radius 2 is 2.05 bits per heavy atom. The molecule has 12 heteroatoms. The molecule has 2 saturated heterocycles. The molecule has 0 aromatic carbocycles. The minimum Gasteiger partial charge on any atom is -0.481 e. The van der Waals surface area contributed by atoms with Gasteiger partial charge in [-0.05, 0) is 68.7 Å². The molecule has 7 rings (SSSR count). The number of nitrogens with one attached hydrogen (secondary N) is 1. The first-order valence-electron chi connectivity index (χ1n) is 14.1. The Bertz CT molecular complexity index is 1560. The second kappa shape index (κ2) is 11.1. The summed E-state index contributed by atoms with van der Waals surface area (Å²) in [7, 11) is 2.03. The predicted octanol–water partition coefficient (Wildman–Crippen LogP) is 3.62. The van der Waals surface area contributed by atoms with Gasteiger partial charge in [0.1, 0.15) is 11.9 Å². The van der Waals surface area contributed by atoms with E-state index >= 15 is 0 Å². The second-order valence-corrected chi connectivity index (χ2v) is 11.2. The predicted molar refractivity (Wildman–Crippen MR) is 152 cm³/mol. The van der Waals surface area contributed by atoms with Crippen LogP contribution in [0.3, 0.4) is 0 Å². The molecule has 42 heavy (non-hydrogen) atoms. The SMILES string of the molecule is CN(c1ccc2c(n1)NC(=O)CO2)C12CCC(CCc3c(C#N)cnc4ccc(OCCCC(=O)O)nc34)(CC1)OC2. The van der Waals surface area contributed by atoms with E-state index in [2.05, 4.69) is 31.2 Å². The summed E-state index contributed by atoms with van der Waals surface area (Å²) in [6.45, 7) is 0.788. The van der Waals surface area contributed by atoms with Gasteiger partial charge in [0.25, 0.3) is 5.91 Å². The molecule has 2 N–H and O–H groups in total. The molecule has 3 aromatic rings. The van der Waals surface area contributed by atoms with Gasteiger partial charge in [0, 0.05) is 25.7 Å². The Hall–Kier alpha value is -4.50. The maximum Gasteiger partial charge on any atom is 0.303 e. The lowest BCUT2D eigenvalue weighted by molar-refractivity contribution is -0.156. The number of aromatic nitrogens is 3. The van der Waals surface area contributed by atoms with Crippen molar-refractivity contribution in [1.82, 2.24) is 15.0 Å². The Labute approximate surface area is 242 Å². The quantitative estimate of drug-likeness (QED) is 0.342. The summed E-state index contributed by atoms with van der Waals surface area (Å²) in [5.41, 5.74) is 2.10. The third kappa shape index (κ3) is 5.27. The molecule has 12 nitrogen and oxygen atoms in total. The monoisotopic (exact) mass is 572 g/mol. The van der Waals surface area contributed by atoms with Crippen molar-refractivity contribution >= 4 is 34.5 Å². The molecule has 1 aliphatic carbocycles. The highest BCUT2D eigenvalue weighted by Crippen LogP contribution is 2.49. The zero-order valence-corrected chi connectivity index (χ0v) is 23.4. The van der Waals surface area contributed by atoms with Crippen molar-refractivity contribution in [2.24, 2.45) is 0 Å². The lowest BCUT2D eigenvalue weighted by Gasteiger charge is -2.57. The van der Waals surface area contributed by atoms with Crippen molar-refractivity contribution < 1.29 is 28.9 Å². The zero-order chi connectivity index (χ0) is 29.3. The van der Waals surface area contributed by atoms with Gasteiger partial charge in [-0.15, -0.1) is 0 Å². The van der Waals surface area contributed by atoms with Gasteiger partial charge >= 0.3 is 5.97 Å². The van der Waals surface area contributed by atoms with Gasteiger partial charge in [0.15, 0.2) is 18.2 Å². The fourth-order valence-corrected chi connectivity index (χ4v) is 6.17. The molecule has 0 radical (unpaired) electrons. The van der Waals surface area contributed by atoms with Crippen LogP contribution in [0.4, 0.5) is 11.6 Å². The van der Waals surface area contributed by atoms with Crippen molar-refractivity contribution in [2.45, 2.75) is 62.5 Å². The number of hydrogen-bond donors (Lipinski definition) is 2. The van der Waals surface area contributed by atoms with E-state index in [-0.39, 0.29) is 36.7 Å². The Morgan fingerprint density at radius 1 is 1.21 bits per heavy atom. The van der Waals surface area contributed by atoms with Crippen LogP contribution < -0.4 is 19.7 Å². The van der Waals surface area contributed by atoms with E-state index in [0.717, 1.165) is 43.5 Å². The number of likely N-dealkylation sites (N-methyl/N-ethyl adjacent to an activating group) is 1. The first-order valence-corrected chi connectivity index (χ1v) is 14.1. The van der Waals surface area contributed by atoms with Crippen LogP contribution in [0, 0.1) is 11.3 Å². The van der Waals surface area contributed by atoms with Crippen LogP contribution in [-0.2, 0) is 20.7 Å². The average molecular weight is 573 g/mol. The number of nitriles is 1. The van der Waals surface area contributed by atoms with Crippen molar-refractivity contribution in [3.8, 4) is 17.7 Å². The number of anilines is 2. The van der Waals surface area contributed by atoms with Crippen LogP contribution in [0.25, 0.3) is 11.0 Å². The molecule has 3 aromatic heterocycles. The van der Waals surface area contributed by atoms with Crippen LogP contribution in [0.15, 0.2) is 30.5 Å². The number of rotatable bonds is 10. The van der Waals surface area contributed by atoms with Crippen LogP contribution in [0.2, 0.25) is 0 Å². The van der Waals surface area contributed by atoms with E-state index in [1.54, 1.807) is 12.3 Å². The number of hydrogen-bond acceptors (Lipinski definition) is 10. The summed E-state index contributed by atoms with van der Waals surface area (Å²) in [5.74, 6) is 1.06. The molecule has 0 atom stereocenters. The number of ether oxygens (including phenoxy) is 3. The summed E-state index contributed by atoms with van der Waals surface area (Å²) >= 11 is 0. The van der Waals surface area contributed by atoms with Gasteiger partial charge in [-0.25, -0.2) is 9.97 Å². The molecule has 1 amide bonds. The third-order valence-electron chi connectivity index (χ3n) is 8.78. The summed E-state index contributed by atoms with van der Waals surface area (Å²) in [6.07, 6.45) is 6.94. The molecule has 2 bridgehead atoms. The van der Waals surface area contributed by atoms with Crippen molar-refractivity contribution in [2.75, 3.05) is 37.1 Å². The van der Waals surface area contributed by atoms with Gasteiger partial charge in [-0.1, -0.05) is 0 Å². The highest BCUT2D eigenvalue weighted by atomic mass is 16.5. The lowest BCUT2D eigenvalue weighted by atomic mass is 9.68. The van der Waals surface area contributed by atoms with Gasteiger partial charge in [0.2, 0.25) is 5.88 Å². The molecule has 4 aliphatic rings. The summed E-state index contributed by atoms with van der Waals surface area (Å²) in [6, 6.07) is 9.54. The standard InChI is InChI=1S/C30H32N6O6/c1-36(23-6-5-22-28(33-23)34-24(37)17-41-22)29-10-12-30(13-11-29,42-18-29)9-8-20-19(15-31)16-32-21-4-7-25(35-27(20)21)40-14-2-3-26(38)39/h4-7,16H,2-3,8-14,17-18H2,1H3,(H,38,39)(H,33,34,37). The van der Waals surface area contributed by atoms with E-state index in [0.29, 0.717) is 53.5 Å². The summed E-state index contributed by atoms with van der Waals surface area (Å²) < 4.78 is 17.8. The molecule has 3 fully saturated rings. The van der Waals surface area contributed by atoms with Crippen LogP contribution >= 0.6 is 0 Å². The van der Waals surface area contributed by atoms with E-state index in [1.165, 1.54) is 0 Å². The molecule has 6 heterocycles. The number of aryl methyl sites for hydroxylation is 1. The maximum absolute atomic E-state index is 11.8. The van der Waals surface area contributed by atoms with E-state index < -0.39 is 5.97 Å². The number of aliphatic carboxylic acids is 1. The largest absolute Gasteiger partial charge is 0.481 e. The number of nitrogens with zero attached hydrogens (tertiary/aromatic N) is 5. The number of carboxylic acid groups (broad SMARTS) is 1. The van der Waals surface area contributed by atoms with Crippen LogP contribution in [-0.4, -0.2) is 69.9 Å². The first kappa shape index (κ1) is 27.7. The average Bonchev–Trinajstić information content (AvgIpc) is 3.02. The highest BCUT2D eigenvalue weighted by molar-refractivity contribution is 5.94. The molecule has 0 unspecified atom stereocenters. The Morgan fingerprint density at radius 3 is 2.79 bits per heavy atom. The van der Waals surface area contributed by atoms with Crippen molar-refractivity contribution in [1.29, 1.82) is 5.26 Å². The fourth-order valence-electron chi connectivity index (χ4n) is 6.17. The van der Waals surface area contributed by atoms with Crippen molar-refractivity contribution in [3.63, 3.8) is 0 Å². The number of carbonyl (C=O) groups is 2. The Kier molecular flexibility index (Phi) is 7.28. The summed E-state index contributed by atoms with van der Waals surface area (Å²) in [4.78, 5) is 38.5. The fraction of sp³-hybridized carbons (Fsp3) is 0.467. The Balaban J connectivity index is 1.15. The van der Waals surface area contributed by atoms with Crippen LogP contribution in [0.1, 0.15) is 56.1 Å². The minimum absolute atomic E-state index is 0.00548. The van der Waals surface area contributed by atoms with E-state index in [9.17, 15) is 14.9 Å². The smallest absolute Gasteiger partial charge is 0.303 e. The second-order valence-electron chi connectivity index (χ2n) is 11.2. The normalized spacial score (nSPS) is 22.5. The van der Waals surface area contributed by atoms with E-state index in [4.69, 9.17) is 19.3 Å². The molecular formula is C30H32N6O6. The number of carbonyl (C=O) groups excluding carboxylic acids is 1. The topological polar surface area (TPSA) is 160 Å². The summed E-state index contributed by atoms with van der Waals surface area (Å²) in [5, 5.41) is 21.5. The van der Waals surface area contributed by atoms with Gasteiger partial charge in [-0.2, -0.15) is 5.26 Å². The number of fused-ring (bicyclic) bond motifs is 5.